The summed E-state index contributed by atoms with van der Waals surface area (Å²) in [6, 6.07) is 5.74. The van der Waals surface area contributed by atoms with Gasteiger partial charge in [0, 0.05) is 14.5 Å². The van der Waals surface area contributed by atoms with E-state index >= 15 is 0 Å². The molecule has 12 heavy (non-hydrogen) atoms. The summed E-state index contributed by atoms with van der Waals surface area (Å²) in [6.07, 6.45) is 0. The molecule has 1 aromatic rings. The van der Waals surface area contributed by atoms with Crippen molar-refractivity contribution in [1.29, 1.82) is 0 Å². The van der Waals surface area contributed by atoms with Gasteiger partial charge in [0.15, 0.2) is 0 Å². The van der Waals surface area contributed by atoms with Gasteiger partial charge in [0.1, 0.15) is 5.75 Å². The van der Waals surface area contributed by atoms with Crippen LogP contribution in [0.15, 0.2) is 29.3 Å². The number of benzene rings is 1. The average Bonchev–Trinajstić information content (AvgIpc) is 2.03. The van der Waals surface area contributed by atoms with Gasteiger partial charge in [-0.15, -0.1) is 0 Å². The van der Waals surface area contributed by atoms with Crippen LogP contribution in [-0.4, -0.2) is 7.11 Å². The summed E-state index contributed by atoms with van der Waals surface area (Å²) in [5, 5.41) is 0. The van der Waals surface area contributed by atoms with E-state index < -0.39 is 0 Å². The van der Waals surface area contributed by atoms with Crippen molar-refractivity contribution in [3.05, 3.63) is 34.8 Å². The fraction of sp³-hybridized carbons (Fsp3) is 0.111. The Morgan fingerprint density at radius 2 is 2.17 bits per heavy atom. The average molecular weight is 292 g/mol. The van der Waals surface area contributed by atoms with Gasteiger partial charge in [-0.3, -0.25) is 0 Å². The van der Waals surface area contributed by atoms with Crippen LogP contribution in [0.2, 0.25) is 0 Å². The third kappa shape index (κ3) is 2.11. The number of ether oxygens (including phenoxy) is 1. The topological polar surface area (TPSA) is 9.23 Å². The molecule has 0 aromatic heterocycles. The van der Waals surface area contributed by atoms with Gasteiger partial charge in [-0.05, 0) is 34.1 Å². The first-order valence-electron chi connectivity index (χ1n) is 3.33. The number of methoxy groups -OCH3 is 1. The van der Waals surface area contributed by atoms with Crippen molar-refractivity contribution in [2.45, 2.75) is 0 Å². The van der Waals surface area contributed by atoms with Crippen molar-refractivity contribution >= 4 is 36.3 Å². The summed E-state index contributed by atoms with van der Waals surface area (Å²) in [4.78, 5) is 0. The Morgan fingerprint density at radius 1 is 1.50 bits per heavy atom. The molecule has 0 N–H and O–H groups in total. The van der Waals surface area contributed by atoms with Gasteiger partial charge in [-0.25, -0.2) is 0 Å². The van der Waals surface area contributed by atoms with Crippen LogP contribution in [0.4, 0.5) is 0 Å². The Bertz CT molecular complexity index is 307. The van der Waals surface area contributed by atoms with E-state index in [9.17, 15) is 0 Å². The predicted molar refractivity (Wildman–Crippen MR) is 58.7 cm³/mol. The van der Waals surface area contributed by atoms with Crippen LogP contribution in [0.1, 0.15) is 5.56 Å². The lowest BCUT2D eigenvalue weighted by Gasteiger charge is -2.04. The SMILES string of the molecule is C=C(Br)c1ccc(OC)cc1Br. The van der Waals surface area contributed by atoms with Crippen molar-refractivity contribution in [3.63, 3.8) is 0 Å². The minimum absolute atomic E-state index is 0.833. The molecule has 0 spiro atoms. The van der Waals surface area contributed by atoms with Gasteiger partial charge in [0.05, 0.1) is 7.11 Å². The molecule has 1 aromatic carbocycles. The lowest BCUT2D eigenvalue weighted by molar-refractivity contribution is 0.414. The lowest BCUT2D eigenvalue weighted by Crippen LogP contribution is -1.84. The van der Waals surface area contributed by atoms with E-state index in [0.29, 0.717) is 0 Å². The van der Waals surface area contributed by atoms with Crippen molar-refractivity contribution in [3.8, 4) is 5.75 Å². The fourth-order valence-corrected chi connectivity index (χ4v) is 2.05. The predicted octanol–water partition coefficient (Wildman–Crippen LogP) is 3.82. The first-order valence-corrected chi connectivity index (χ1v) is 4.92. The second-order valence-corrected chi connectivity index (χ2v) is 4.06. The Morgan fingerprint density at radius 3 is 2.58 bits per heavy atom. The summed E-state index contributed by atoms with van der Waals surface area (Å²) < 4.78 is 6.89. The highest BCUT2D eigenvalue weighted by atomic mass is 79.9. The Balaban J connectivity index is 3.12. The van der Waals surface area contributed by atoms with Crippen LogP contribution in [0.3, 0.4) is 0 Å². The summed E-state index contributed by atoms with van der Waals surface area (Å²) >= 11 is 6.73. The molecule has 0 aliphatic heterocycles. The van der Waals surface area contributed by atoms with Crippen LogP contribution in [0, 0.1) is 0 Å². The molecule has 3 heteroatoms. The second-order valence-electron chi connectivity index (χ2n) is 2.25. The maximum atomic E-state index is 5.05. The molecule has 1 nitrogen and oxygen atoms in total. The minimum Gasteiger partial charge on any atom is -0.497 e. The molecule has 0 saturated heterocycles. The van der Waals surface area contributed by atoms with Gasteiger partial charge < -0.3 is 4.74 Å². The van der Waals surface area contributed by atoms with Crippen LogP contribution in [-0.2, 0) is 0 Å². The van der Waals surface area contributed by atoms with Crippen molar-refractivity contribution in [2.24, 2.45) is 0 Å². The molecule has 0 bridgehead atoms. The van der Waals surface area contributed by atoms with Crippen LogP contribution in [0.25, 0.3) is 4.48 Å². The standard InChI is InChI=1S/C9H8Br2O/c1-6(10)8-4-3-7(12-2)5-9(8)11/h3-5H,1H2,2H3. The van der Waals surface area contributed by atoms with E-state index in [1.165, 1.54) is 0 Å². The molecular weight excluding hydrogens is 284 g/mol. The molecule has 0 radical (unpaired) electrons. The second kappa shape index (κ2) is 4.10. The summed E-state index contributed by atoms with van der Waals surface area (Å²) in [6.45, 7) is 3.79. The van der Waals surface area contributed by atoms with E-state index in [0.717, 1.165) is 20.3 Å². The molecule has 0 unspecified atom stereocenters. The zero-order chi connectivity index (χ0) is 9.14. The first-order chi connectivity index (χ1) is 5.65. The molecule has 0 heterocycles. The molecule has 0 aliphatic carbocycles. The molecule has 0 atom stereocenters. The number of halogens is 2. The van der Waals surface area contributed by atoms with Crippen LogP contribution in [0.5, 0.6) is 5.75 Å². The highest BCUT2D eigenvalue weighted by Crippen LogP contribution is 2.30. The quantitative estimate of drug-likeness (QED) is 0.805. The van der Waals surface area contributed by atoms with Gasteiger partial charge >= 0.3 is 0 Å². The maximum absolute atomic E-state index is 5.05. The van der Waals surface area contributed by atoms with Crippen LogP contribution < -0.4 is 4.74 Å². The molecular formula is C9H8Br2O. The molecule has 0 saturated carbocycles. The number of hydrogen-bond acceptors (Lipinski definition) is 1. The molecule has 0 amide bonds. The monoisotopic (exact) mass is 290 g/mol. The maximum Gasteiger partial charge on any atom is 0.120 e. The fourth-order valence-electron chi connectivity index (χ4n) is 0.843. The Labute approximate surface area is 88.7 Å². The molecule has 0 fully saturated rings. The van der Waals surface area contributed by atoms with E-state index in [1.54, 1.807) is 7.11 Å². The smallest absolute Gasteiger partial charge is 0.120 e. The van der Waals surface area contributed by atoms with Crippen molar-refractivity contribution in [2.75, 3.05) is 7.11 Å². The largest absolute Gasteiger partial charge is 0.497 e. The van der Waals surface area contributed by atoms with Crippen molar-refractivity contribution in [1.82, 2.24) is 0 Å². The van der Waals surface area contributed by atoms with E-state index in [-0.39, 0.29) is 0 Å². The van der Waals surface area contributed by atoms with Gasteiger partial charge in [0.25, 0.3) is 0 Å². The third-order valence-electron chi connectivity index (χ3n) is 1.47. The Kier molecular flexibility index (Phi) is 3.35. The highest BCUT2D eigenvalue weighted by Gasteiger charge is 2.02. The van der Waals surface area contributed by atoms with Gasteiger partial charge in [-0.2, -0.15) is 0 Å². The summed E-state index contributed by atoms with van der Waals surface area (Å²) in [5.74, 6) is 0.833. The van der Waals surface area contributed by atoms with Crippen molar-refractivity contribution < 1.29 is 4.74 Å². The van der Waals surface area contributed by atoms with E-state index in [2.05, 4.69) is 38.4 Å². The zero-order valence-corrected chi connectivity index (χ0v) is 9.78. The van der Waals surface area contributed by atoms with Crippen LogP contribution >= 0.6 is 31.9 Å². The van der Waals surface area contributed by atoms with E-state index in [1.807, 2.05) is 18.2 Å². The number of hydrogen-bond donors (Lipinski definition) is 0. The number of rotatable bonds is 2. The molecule has 0 aliphatic rings. The van der Waals surface area contributed by atoms with Gasteiger partial charge in [0.2, 0.25) is 0 Å². The van der Waals surface area contributed by atoms with Gasteiger partial charge in [-0.1, -0.05) is 22.5 Å². The minimum atomic E-state index is 0.833. The molecule has 1 rings (SSSR count). The molecule has 64 valence electrons. The normalized spacial score (nSPS) is 9.58. The lowest BCUT2D eigenvalue weighted by atomic mass is 10.2. The summed E-state index contributed by atoms with van der Waals surface area (Å²) in [7, 11) is 1.64. The Hall–Kier alpha value is -0.280. The third-order valence-corrected chi connectivity index (χ3v) is 2.55. The highest BCUT2D eigenvalue weighted by molar-refractivity contribution is 9.15. The summed E-state index contributed by atoms with van der Waals surface area (Å²) in [5.41, 5.74) is 1.04. The zero-order valence-electron chi connectivity index (χ0n) is 6.60. The first kappa shape index (κ1) is 9.81. The van der Waals surface area contributed by atoms with E-state index in [4.69, 9.17) is 4.74 Å².